The molecule has 4 heterocycles. The Kier molecular flexibility index (Phi) is 1.84. The average Bonchev–Trinajstić information content (AvgIpc) is 3.10. The number of thiophene rings is 4. The van der Waals surface area contributed by atoms with Crippen molar-refractivity contribution >= 4 is 85.0 Å². The lowest BCUT2D eigenvalue weighted by atomic mass is 10.1. The van der Waals surface area contributed by atoms with Crippen LogP contribution in [0.3, 0.4) is 0 Å². The third kappa shape index (κ3) is 1.06. The lowest BCUT2D eigenvalue weighted by Crippen LogP contribution is -1.68. The van der Waals surface area contributed by atoms with E-state index in [2.05, 4.69) is 34.3 Å². The van der Waals surface area contributed by atoms with Crippen molar-refractivity contribution in [2.75, 3.05) is 0 Å². The van der Waals surface area contributed by atoms with Crippen molar-refractivity contribution < 1.29 is 0 Å². The Balaban J connectivity index is 2.32. The van der Waals surface area contributed by atoms with Crippen LogP contribution < -0.4 is 0 Å². The molecule has 0 aliphatic rings. The molecule has 86 valence electrons. The van der Waals surface area contributed by atoms with Crippen LogP contribution in [0.25, 0.3) is 39.7 Å². The van der Waals surface area contributed by atoms with Crippen LogP contribution in [0, 0.1) is 0 Å². The van der Waals surface area contributed by atoms with E-state index in [9.17, 15) is 0 Å². The maximum atomic E-state index is 2.28. The molecule has 0 atom stereocenters. The summed E-state index contributed by atoms with van der Waals surface area (Å²) in [5.41, 5.74) is 0. The molecular weight excluding hydrogens is 296 g/mol. The van der Waals surface area contributed by atoms with Gasteiger partial charge in [0.15, 0.2) is 0 Å². The zero-order valence-corrected chi connectivity index (χ0v) is 12.4. The summed E-state index contributed by atoms with van der Waals surface area (Å²) >= 11 is 7.56. The first kappa shape index (κ1) is 9.92. The Labute approximate surface area is 119 Å². The number of benzene rings is 1. The molecule has 4 aromatic heterocycles. The van der Waals surface area contributed by atoms with E-state index in [4.69, 9.17) is 0 Å². The van der Waals surface area contributed by atoms with Gasteiger partial charge in [0.1, 0.15) is 0 Å². The summed E-state index contributed by atoms with van der Waals surface area (Å²) < 4.78 is 7.29. The number of rotatable bonds is 0. The van der Waals surface area contributed by atoms with E-state index in [1.54, 1.807) is 0 Å². The Morgan fingerprint density at radius 2 is 1.28 bits per heavy atom. The van der Waals surface area contributed by atoms with E-state index in [-0.39, 0.29) is 0 Å². The van der Waals surface area contributed by atoms with Gasteiger partial charge in [0.25, 0.3) is 0 Å². The molecule has 0 saturated heterocycles. The topological polar surface area (TPSA) is 0 Å². The molecule has 0 fully saturated rings. The van der Waals surface area contributed by atoms with Gasteiger partial charge < -0.3 is 0 Å². The fourth-order valence-electron chi connectivity index (χ4n) is 2.60. The zero-order valence-electron chi connectivity index (χ0n) is 9.10. The fourth-order valence-corrected chi connectivity index (χ4v) is 7.15. The second-order valence-electron chi connectivity index (χ2n) is 4.25. The van der Waals surface area contributed by atoms with Crippen molar-refractivity contribution in [3.8, 4) is 0 Å². The molecule has 0 spiro atoms. The van der Waals surface area contributed by atoms with E-state index in [1.165, 1.54) is 39.7 Å². The summed E-state index contributed by atoms with van der Waals surface area (Å²) in [6, 6.07) is 6.80. The second-order valence-corrected chi connectivity index (χ2v) is 8.05. The van der Waals surface area contributed by atoms with E-state index in [0.717, 1.165) is 0 Å². The van der Waals surface area contributed by atoms with Gasteiger partial charge in [0.05, 0.1) is 4.70 Å². The van der Waals surface area contributed by atoms with Crippen LogP contribution in [-0.4, -0.2) is 0 Å². The zero-order chi connectivity index (χ0) is 11.7. The van der Waals surface area contributed by atoms with Gasteiger partial charge in [-0.3, -0.25) is 0 Å². The summed E-state index contributed by atoms with van der Waals surface area (Å²) in [5, 5.41) is 11.0. The molecular formula is C14H6S4. The van der Waals surface area contributed by atoms with Crippen molar-refractivity contribution in [3.63, 3.8) is 0 Å². The Hall–Kier alpha value is -0.940. The van der Waals surface area contributed by atoms with Crippen LogP contribution in [0.15, 0.2) is 34.3 Å². The lowest BCUT2D eigenvalue weighted by molar-refractivity contribution is 2.17. The molecule has 0 aliphatic heterocycles. The fraction of sp³-hybridized carbons (Fsp3) is 0. The highest BCUT2D eigenvalue weighted by molar-refractivity contribution is 7.34. The van der Waals surface area contributed by atoms with Crippen molar-refractivity contribution in [3.05, 3.63) is 34.3 Å². The normalized spacial score (nSPS) is 12.4. The predicted molar refractivity (Wildman–Crippen MR) is 88.0 cm³/mol. The molecule has 5 rings (SSSR count). The van der Waals surface area contributed by atoms with Crippen LogP contribution in [0.4, 0.5) is 0 Å². The van der Waals surface area contributed by atoms with Crippen molar-refractivity contribution in [2.45, 2.75) is 0 Å². The highest BCUT2D eigenvalue weighted by Crippen LogP contribution is 2.48. The first-order valence-electron chi connectivity index (χ1n) is 5.59. The SMILES string of the molecule is c1cc2c(s1)c1ccsc1c1c3sccc3sc21. The van der Waals surface area contributed by atoms with Gasteiger partial charge in [0, 0.05) is 35.0 Å². The molecule has 4 heteroatoms. The minimum atomic E-state index is 1.43. The predicted octanol–water partition coefficient (Wildman–Crippen LogP) is 6.55. The summed E-state index contributed by atoms with van der Waals surface area (Å²) in [7, 11) is 0. The molecule has 0 nitrogen and oxygen atoms in total. The van der Waals surface area contributed by atoms with Crippen LogP contribution in [0.5, 0.6) is 0 Å². The summed E-state index contributed by atoms with van der Waals surface area (Å²) in [6.07, 6.45) is 0. The maximum Gasteiger partial charge on any atom is 0.0544 e. The number of hydrogen-bond acceptors (Lipinski definition) is 4. The quantitative estimate of drug-likeness (QED) is 0.304. The third-order valence-electron chi connectivity index (χ3n) is 3.34. The Bertz CT molecular complexity index is 1020. The van der Waals surface area contributed by atoms with E-state index in [1.807, 2.05) is 45.3 Å². The molecule has 0 unspecified atom stereocenters. The van der Waals surface area contributed by atoms with Gasteiger partial charge >= 0.3 is 0 Å². The molecule has 18 heavy (non-hydrogen) atoms. The average molecular weight is 302 g/mol. The number of fused-ring (bicyclic) bond motifs is 8. The van der Waals surface area contributed by atoms with Gasteiger partial charge in [-0.05, 0) is 34.3 Å². The van der Waals surface area contributed by atoms with Crippen LogP contribution in [0.1, 0.15) is 0 Å². The standard InChI is InChI=1S/C14H6S4/c1-5-16-12-7(1)11-8(2-4-15-11)13-10(12)14-9(18-13)3-6-17-14/h1-6H. The van der Waals surface area contributed by atoms with Crippen LogP contribution in [0.2, 0.25) is 0 Å². The van der Waals surface area contributed by atoms with Crippen molar-refractivity contribution in [2.24, 2.45) is 0 Å². The Morgan fingerprint density at radius 1 is 0.611 bits per heavy atom. The van der Waals surface area contributed by atoms with Gasteiger partial charge in [-0.1, -0.05) is 0 Å². The molecule has 0 radical (unpaired) electrons. The van der Waals surface area contributed by atoms with E-state index < -0.39 is 0 Å². The van der Waals surface area contributed by atoms with E-state index in [0.29, 0.717) is 0 Å². The monoisotopic (exact) mass is 302 g/mol. The molecule has 0 aliphatic carbocycles. The first-order chi connectivity index (χ1) is 8.93. The molecule has 0 bridgehead atoms. The minimum Gasteiger partial charge on any atom is -0.143 e. The van der Waals surface area contributed by atoms with Gasteiger partial charge in [-0.15, -0.1) is 45.3 Å². The smallest absolute Gasteiger partial charge is 0.0544 e. The van der Waals surface area contributed by atoms with Gasteiger partial charge in [-0.2, -0.15) is 0 Å². The largest absolute Gasteiger partial charge is 0.143 e. The molecule has 0 amide bonds. The second kappa shape index (κ2) is 3.33. The molecule has 0 N–H and O–H groups in total. The lowest BCUT2D eigenvalue weighted by Gasteiger charge is -1.97. The highest BCUT2D eigenvalue weighted by atomic mass is 32.1. The molecule has 0 saturated carbocycles. The third-order valence-corrected chi connectivity index (χ3v) is 7.47. The maximum absolute atomic E-state index is 2.28. The highest BCUT2D eigenvalue weighted by Gasteiger charge is 2.16. The minimum absolute atomic E-state index is 1.43. The van der Waals surface area contributed by atoms with Crippen molar-refractivity contribution in [1.82, 2.24) is 0 Å². The first-order valence-corrected chi connectivity index (χ1v) is 9.05. The summed E-state index contributed by atoms with van der Waals surface area (Å²) in [6.45, 7) is 0. The van der Waals surface area contributed by atoms with Crippen LogP contribution in [-0.2, 0) is 0 Å². The van der Waals surface area contributed by atoms with Crippen molar-refractivity contribution in [1.29, 1.82) is 0 Å². The van der Waals surface area contributed by atoms with E-state index >= 15 is 0 Å². The van der Waals surface area contributed by atoms with Crippen LogP contribution >= 0.6 is 45.3 Å². The Morgan fingerprint density at radius 3 is 2.17 bits per heavy atom. The summed E-state index contributed by atoms with van der Waals surface area (Å²) in [5.74, 6) is 0. The van der Waals surface area contributed by atoms with Gasteiger partial charge in [-0.25, -0.2) is 0 Å². The summed E-state index contributed by atoms with van der Waals surface area (Å²) in [4.78, 5) is 0. The molecule has 1 aromatic carbocycles. The number of hydrogen-bond donors (Lipinski definition) is 0. The van der Waals surface area contributed by atoms with Gasteiger partial charge in [0.2, 0.25) is 0 Å². The molecule has 5 aromatic rings.